The SMILES string of the molecule is CC(C)Oc1c(-c2cc(Cl)c3cccnc3c2OC(C)C)cc(Cl)c2cccnc12. The number of pyridine rings is 2. The van der Waals surface area contributed by atoms with Gasteiger partial charge in [0.25, 0.3) is 0 Å². The average molecular weight is 441 g/mol. The summed E-state index contributed by atoms with van der Waals surface area (Å²) in [6, 6.07) is 11.4. The fourth-order valence-corrected chi connectivity index (χ4v) is 3.99. The Morgan fingerprint density at radius 1 is 0.700 bits per heavy atom. The predicted molar refractivity (Wildman–Crippen MR) is 124 cm³/mol. The molecule has 6 heteroatoms. The number of nitrogens with zero attached hydrogens (tertiary/aromatic N) is 2. The van der Waals surface area contributed by atoms with Gasteiger partial charge >= 0.3 is 0 Å². The molecule has 0 bridgehead atoms. The van der Waals surface area contributed by atoms with Crippen LogP contribution in [0.15, 0.2) is 48.8 Å². The van der Waals surface area contributed by atoms with Gasteiger partial charge in [0.15, 0.2) is 11.5 Å². The smallest absolute Gasteiger partial charge is 0.153 e. The van der Waals surface area contributed by atoms with Crippen molar-refractivity contribution in [2.24, 2.45) is 0 Å². The van der Waals surface area contributed by atoms with Crippen molar-refractivity contribution in [3.63, 3.8) is 0 Å². The number of benzene rings is 2. The molecule has 0 saturated carbocycles. The molecule has 0 atom stereocenters. The quantitative estimate of drug-likeness (QED) is 0.325. The van der Waals surface area contributed by atoms with Crippen LogP contribution in [0.25, 0.3) is 32.9 Å². The van der Waals surface area contributed by atoms with Gasteiger partial charge < -0.3 is 9.47 Å². The van der Waals surface area contributed by atoms with E-state index in [1.54, 1.807) is 12.4 Å². The van der Waals surface area contributed by atoms with Crippen molar-refractivity contribution in [1.29, 1.82) is 0 Å². The van der Waals surface area contributed by atoms with E-state index >= 15 is 0 Å². The Hall–Kier alpha value is -2.56. The summed E-state index contributed by atoms with van der Waals surface area (Å²) in [5.41, 5.74) is 2.93. The molecular formula is C24H22Cl2N2O2. The Labute approximate surface area is 185 Å². The number of halogens is 2. The Balaban J connectivity index is 2.12. The van der Waals surface area contributed by atoms with E-state index < -0.39 is 0 Å². The Kier molecular flexibility index (Phi) is 5.72. The fourth-order valence-electron chi connectivity index (χ4n) is 3.46. The highest BCUT2D eigenvalue weighted by Gasteiger charge is 2.23. The number of rotatable bonds is 5. The molecule has 4 aromatic rings. The zero-order valence-electron chi connectivity index (χ0n) is 17.2. The first-order valence-electron chi connectivity index (χ1n) is 9.85. The maximum atomic E-state index is 6.65. The second kappa shape index (κ2) is 8.29. The summed E-state index contributed by atoms with van der Waals surface area (Å²) in [6.07, 6.45) is 3.35. The van der Waals surface area contributed by atoms with Crippen LogP contribution in [0.4, 0.5) is 0 Å². The van der Waals surface area contributed by atoms with E-state index in [-0.39, 0.29) is 12.2 Å². The van der Waals surface area contributed by atoms with Gasteiger partial charge in [-0.3, -0.25) is 9.97 Å². The van der Waals surface area contributed by atoms with Gasteiger partial charge in [0, 0.05) is 34.3 Å². The zero-order chi connectivity index (χ0) is 21.4. The van der Waals surface area contributed by atoms with E-state index in [0.717, 1.165) is 21.9 Å². The first kappa shape index (κ1) is 20.7. The average Bonchev–Trinajstić information content (AvgIpc) is 2.71. The summed E-state index contributed by atoms with van der Waals surface area (Å²) in [5.74, 6) is 1.29. The summed E-state index contributed by atoms with van der Waals surface area (Å²) in [7, 11) is 0. The van der Waals surface area contributed by atoms with E-state index in [4.69, 9.17) is 32.7 Å². The minimum absolute atomic E-state index is 0.0568. The maximum absolute atomic E-state index is 6.65. The van der Waals surface area contributed by atoms with Gasteiger partial charge in [-0.25, -0.2) is 0 Å². The lowest BCUT2D eigenvalue weighted by molar-refractivity contribution is 0.242. The highest BCUT2D eigenvalue weighted by atomic mass is 35.5. The number of aromatic nitrogens is 2. The summed E-state index contributed by atoms with van der Waals surface area (Å²) in [6.45, 7) is 7.92. The van der Waals surface area contributed by atoms with Gasteiger partial charge in [-0.05, 0) is 64.1 Å². The number of ether oxygens (including phenoxy) is 2. The normalized spacial score (nSPS) is 11.6. The van der Waals surface area contributed by atoms with Crippen molar-refractivity contribution in [2.75, 3.05) is 0 Å². The molecule has 0 amide bonds. The highest BCUT2D eigenvalue weighted by molar-refractivity contribution is 6.37. The third-order valence-corrected chi connectivity index (χ3v) is 5.21. The van der Waals surface area contributed by atoms with Crippen LogP contribution in [0.2, 0.25) is 10.0 Å². The van der Waals surface area contributed by atoms with Crippen molar-refractivity contribution in [1.82, 2.24) is 9.97 Å². The Morgan fingerprint density at radius 3 is 1.47 bits per heavy atom. The molecule has 0 unspecified atom stereocenters. The minimum Gasteiger partial charge on any atom is -0.488 e. The summed E-state index contributed by atoms with van der Waals surface area (Å²) < 4.78 is 12.5. The second-order valence-electron chi connectivity index (χ2n) is 7.60. The van der Waals surface area contributed by atoms with Crippen molar-refractivity contribution in [2.45, 2.75) is 39.9 Å². The first-order chi connectivity index (χ1) is 14.4. The molecule has 154 valence electrons. The molecule has 0 fully saturated rings. The summed E-state index contributed by atoms with van der Waals surface area (Å²) in [5, 5.41) is 2.82. The van der Waals surface area contributed by atoms with E-state index in [9.17, 15) is 0 Å². The molecule has 4 rings (SSSR count). The lowest BCUT2D eigenvalue weighted by Crippen LogP contribution is -2.10. The van der Waals surface area contributed by atoms with Gasteiger partial charge in [-0.1, -0.05) is 23.2 Å². The molecule has 4 nitrogen and oxygen atoms in total. The molecule has 2 aromatic heterocycles. The molecule has 2 aromatic carbocycles. The van der Waals surface area contributed by atoms with Gasteiger partial charge in [0.05, 0.1) is 22.3 Å². The molecule has 0 aliphatic heterocycles. The van der Waals surface area contributed by atoms with Crippen LogP contribution in [0.1, 0.15) is 27.7 Å². The van der Waals surface area contributed by atoms with Gasteiger partial charge in [0.1, 0.15) is 11.0 Å². The van der Waals surface area contributed by atoms with E-state index in [1.807, 2.05) is 64.1 Å². The summed E-state index contributed by atoms with van der Waals surface area (Å²) in [4.78, 5) is 9.12. The third kappa shape index (κ3) is 3.78. The number of fused-ring (bicyclic) bond motifs is 2. The molecule has 30 heavy (non-hydrogen) atoms. The van der Waals surface area contributed by atoms with Crippen LogP contribution in [0.3, 0.4) is 0 Å². The van der Waals surface area contributed by atoms with Crippen molar-refractivity contribution in [3.05, 3.63) is 58.8 Å². The van der Waals surface area contributed by atoms with E-state index in [2.05, 4.69) is 9.97 Å². The first-order valence-corrected chi connectivity index (χ1v) is 10.6. The van der Waals surface area contributed by atoms with Gasteiger partial charge in [-0.2, -0.15) is 0 Å². The van der Waals surface area contributed by atoms with Crippen LogP contribution >= 0.6 is 23.2 Å². The standard InChI is InChI=1S/C24H22Cl2N2O2/c1-13(2)29-23-17(11-19(25)15-7-5-9-27-21(15)23)18-12-20(26)16-8-6-10-28-22(16)24(18)30-14(3)4/h5-14H,1-4H3. The van der Waals surface area contributed by atoms with Crippen molar-refractivity contribution in [3.8, 4) is 22.6 Å². The van der Waals surface area contributed by atoms with Crippen LogP contribution in [-0.4, -0.2) is 22.2 Å². The molecule has 0 aliphatic carbocycles. The molecule has 0 aliphatic rings. The lowest BCUT2D eigenvalue weighted by Gasteiger charge is -2.21. The van der Waals surface area contributed by atoms with Gasteiger partial charge in [-0.15, -0.1) is 0 Å². The second-order valence-corrected chi connectivity index (χ2v) is 8.42. The van der Waals surface area contributed by atoms with Crippen LogP contribution in [-0.2, 0) is 0 Å². The molecule has 0 saturated heterocycles. The topological polar surface area (TPSA) is 44.2 Å². The van der Waals surface area contributed by atoms with Crippen LogP contribution < -0.4 is 9.47 Å². The van der Waals surface area contributed by atoms with Crippen molar-refractivity contribution < 1.29 is 9.47 Å². The largest absolute Gasteiger partial charge is 0.488 e. The zero-order valence-corrected chi connectivity index (χ0v) is 18.8. The Morgan fingerprint density at radius 2 is 1.10 bits per heavy atom. The molecule has 0 radical (unpaired) electrons. The van der Waals surface area contributed by atoms with Crippen LogP contribution in [0, 0.1) is 0 Å². The predicted octanol–water partition coefficient (Wildman–Crippen LogP) is 7.33. The van der Waals surface area contributed by atoms with E-state index in [0.29, 0.717) is 32.6 Å². The molecule has 2 heterocycles. The molecule has 0 N–H and O–H groups in total. The maximum Gasteiger partial charge on any atom is 0.153 e. The fraction of sp³-hybridized carbons (Fsp3) is 0.250. The number of hydrogen-bond acceptors (Lipinski definition) is 4. The third-order valence-electron chi connectivity index (χ3n) is 4.59. The van der Waals surface area contributed by atoms with Gasteiger partial charge in [0.2, 0.25) is 0 Å². The highest BCUT2D eigenvalue weighted by Crippen LogP contribution is 2.47. The lowest BCUT2D eigenvalue weighted by atomic mass is 9.98. The monoisotopic (exact) mass is 440 g/mol. The van der Waals surface area contributed by atoms with E-state index in [1.165, 1.54) is 0 Å². The summed E-state index contributed by atoms with van der Waals surface area (Å²) >= 11 is 13.3. The van der Waals surface area contributed by atoms with Crippen molar-refractivity contribution >= 4 is 45.0 Å². The molecular weight excluding hydrogens is 419 g/mol. The molecule has 0 spiro atoms. The Bertz CT molecular complexity index is 1140. The van der Waals surface area contributed by atoms with Crippen LogP contribution in [0.5, 0.6) is 11.5 Å². The minimum atomic E-state index is -0.0568. The number of hydrogen-bond donors (Lipinski definition) is 0.